The number of pyridine rings is 1. The number of nitrogens with zero attached hydrogens (tertiary/aromatic N) is 7. The van der Waals surface area contributed by atoms with Gasteiger partial charge in [0.25, 0.3) is 0 Å². The van der Waals surface area contributed by atoms with Gasteiger partial charge >= 0.3 is 6.09 Å². The molecule has 4 heterocycles. The van der Waals surface area contributed by atoms with E-state index in [-0.39, 0.29) is 0 Å². The van der Waals surface area contributed by atoms with Gasteiger partial charge in [-0.2, -0.15) is 15.5 Å². The fourth-order valence-corrected chi connectivity index (χ4v) is 4.16. The second kappa shape index (κ2) is 7.74. The van der Waals surface area contributed by atoms with Gasteiger partial charge in [0.1, 0.15) is 6.07 Å². The van der Waals surface area contributed by atoms with Gasteiger partial charge in [-0.15, -0.1) is 0 Å². The minimum Gasteiger partial charge on any atom is -0.465 e. The summed E-state index contributed by atoms with van der Waals surface area (Å²) in [7, 11) is 1.87. The van der Waals surface area contributed by atoms with E-state index in [1.807, 2.05) is 43.7 Å². The van der Waals surface area contributed by atoms with Crippen molar-refractivity contribution in [2.75, 3.05) is 31.1 Å². The van der Waals surface area contributed by atoms with Crippen LogP contribution in [0.1, 0.15) is 5.56 Å². The van der Waals surface area contributed by atoms with Crippen LogP contribution in [-0.4, -0.2) is 61.7 Å². The maximum absolute atomic E-state index is 11.1. The lowest BCUT2D eigenvalue weighted by molar-refractivity contribution is 0.142. The van der Waals surface area contributed by atoms with Crippen LogP contribution in [0.4, 0.5) is 10.5 Å². The molecule has 0 bridgehead atoms. The molecule has 5 rings (SSSR count). The third-order valence-corrected chi connectivity index (χ3v) is 5.86. The van der Waals surface area contributed by atoms with Crippen LogP contribution < -0.4 is 4.90 Å². The van der Waals surface area contributed by atoms with Crippen LogP contribution in [0, 0.1) is 11.3 Å². The molecule has 1 fully saturated rings. The SMILES string of the molecule is Cn1cc(-c2cc(-c3ccc(N4CCN(C(=O)O)CC4)cc3)c3c(C#N)cnn3c2)cn1. The van der Waals surface area contributed by atoms with Gasteiger partial charge in [0.05, 0.1) is 23.5 Å². The van der Waals surface area contributed by atoms with E-state index in [9.17, 15) is 10.1 Å². The Hall–Kier alpha value is -4.32. The summed E-state index contributed by atoms with van der Waals surface area (Å²) in [6, 6.07) is 12.5. The van der Waals surface area contributed by atoms with E-state index < -0.39 is 6.09 Å². The zero-order valence-electron chi connectivity index (χ0n) is 17.5. The number of fused-ring (bicyclic) bond motifs is 1. The number of amides is 1. The molecule has 4 aromatic rings. The maximum atomic E-state index is 11.1. The molecule has 1 N–H and O–H groups in total. The molecule has 9 heteroatoms. The van der Waals surface area contributed by atoms with Crippen molar-refractivity contribution in [3.05, 3.63) is 60.7 Å². The molecule has 0 aliphatic carbocycles. The standard InChI is InChI=1S/C23H21N7O2/c1-27-14-19(13-25-27)17-10-21(22-18(11-24)12-26-30(22)15-17)16-2-4-20(5-3-16)28-6-8-29(9-7-28)23(31)32/h2-5,10,12-15H,6-9H2,1H3,(H,31,32). The quantitative estimate of drug-likeness (QED) is 0.539. The van der Waals surface area contributed by atoms with E-state index in [2.05, 4.69) is 27.2 Å². The van der Waals surface area contributed by atoms with Crippen molar-refractivity contribution in [1.82, 2.24) is 24.3 Å². The Labute approximate surface area is 184 Å². The van der Waals surface area contributed by atoms with E-state index in [1.54, 1.807) is 21.6 Å². The van der Waals surface area contributed by atoms with Crippen molar-refractivity contribution >= 4 is 17.3 Å². The summed E-state index contributed by atoms with van der Waals surface area (Å²) >= 11 is 0. The fraction of sp³-hybridized carbons (Fsp3) is 0.217. The first-order chi connectivity index (χ1) is 15.5. The lowest BCUT2D eigenvalue weighted by Gasteiger charge is -2.34. The van der Waals surface area contributed by atoms with Crippen molar-refractivity contribution < 1.29 is 9.90 Å². The highest BCUT2D eigenvalue weighted by atomic mass is 16.4. The summed E-state index contributed by atoms with van der Waals surface area (Å²) in [5, 5.41) is 27.4. The van der Waals surface area contributed by atoms with Crippen LogP contribution in [0.5, 0.6) is 0 Å². The Kier molecular flexibility index (Phi) is 4.75. The number of hydrogen-bond donors (Lipinski definition) is 1. The number of carboxylic acid groups (broad SMARTS) is 1. The Morgan fingerprint density at radius 3 is 2.38 bits per heavy atom. The second-order valence-corrected chi connectivity index (χ2v) is 7.81. The average molecular weight is 427 g/mol. The van der Waals surface area contributed by atoms with Crippen LogP contribution in [0.25, 0.3) is 27.8 Å². The molecule has 0 radical (unpaired) electrons. The topological polar surface area (TPSA) is 103 Å². The van der Waals surface area contributed by atoms with E-state index in [4.69, 9.17) is 5.11 Å². The summed E-state index contributed by atoms with van der Waals surface area (Å²) in [6.45, 7) is 2.31. The highest BCUT2D eigenvalue weighted by Crippen LogP contribution is 2.33. The van der Waals surface area contributed by atoms with E-state index >= 15 is 0 Å². The molecule has 0 spiro atoms. The monoisotopic (exact) mass is 427 g/mol. The molecule has 1 aliphatic heterocycles. The second-order valence-electron chi connectivity index (χ2n) is 7.81. The van der Waals surface area contributed by atoms with Gasteiger partial charge in [-0.25, -0.2) is 9.31 Å². The number of rotatable bonds is 3. The molecular weight excluding hydrogens is 406 g/mol. The number of piperazine rings is 1. The fourth-order valence-electron chi connectivity index (χ4n) is 4.16. The molecule has 3 aromatic heterocycles. The minimum absolute atomic E-state index is 0.492. The Balaban J connectivity index is 1.52. The molecule has 1 amide bonds. The number of anilines is 1. The van der Waals surface area contributed by atoms with Gasteiger partial charge in [-0.3, -0.25) is 4.68 Å². The lowest BCUT2D eigenvalue weighted by atomic mass is 9.99. The smallest absolute Gasteiger partial charge is 0.407 e. The Morgan fingerprint density at radius 2 is 1.75 bits per heavy atom. The average Bonchev–Trinajstić information content (AvgIpc) is 3.44. The number of aromatic nitrogens is 4. The van der Waals surface area contributed by atoms with Crippen molar-refractivity contribution in [1.29, 1.82) is 5.26 Å². The first kappa shape index (κ1) is 19.6. The third kappa shape index (κ3) is 3.41. The molecule has 0 saturated carbocycles. The molecule has 0 atom stereocenters. The number of benzene rings is 1. The number of carbonyl (C=O) groups is 1. The van der Waals surface area contributed by atoms with Crippen LogP contribution in [-0.2, 0) is 7.05 Å². The summed E-state index contributed by atoms with van der Waals surface area (Å²) < 4.78 is 3.50. The molecule has 1 aromatic carbocycles. The molecule has 1 saturated heterocycles. The van der Waals surface area contributed by atoms with E-state index in [0.717, 1.165) is 33.5 Å². The largest absolute Gasteiger partial charge is 0.465 e. The van der Waals surface area contributed by atoms with Crippen LogP contribution in [0.3, 0.4) is 0 Å². The van der Waals surface area contributed by atoms with E-state index in [0.29, 0.717) is 31.7 Å². The van der Waals surface area contributed by atoms with Gasteiger partial charge in [0, 0.05) is 68.0 Å². The zero-order chi connectivity index (χ0) is 22.2. The van der Waals surface area contributed by atoms with Gasteiger partial charge < -0.3 is 14.9 Å². The first-order valence-corrected chi connectivity index (χ1v) is 10.3. The number of aryl methyl sites for hydroxylation is 1. The van der Waals surface area contributed by atoms with Crippen LogP contribution >= 0.6 is 0 Å². The van der Waals surface area contributed by atoms with Crippen LogP contribution in [0.2, 0.25) is 0 Å². The summed E-state index contributed by atoms with van der Waals surface area (Å²) in [4.78, 5) is 14.8. The lowest BCUT2D eigenvalue weighted by Crippen LogP contribution is -2.48. The predicted octanol–water partition coefficient (Wildman–Crippen LogP) is 3.07. The normalized spacial score (nSPS) is 14.0. The third-order valence-electron chi connectivity index (χ3n) is 5.86. The molecule has 0 unspecified atom stereocenters. The molecule has 9 nitrogen and oxygen atoms in total. The molecular formula is C23H21N7O2. The van der Waals surface area contributed by atoms with Gasteiger partial charge in [-0.1, -0.05) is 12.1 Å². The van der Waals surface area contributed by atoms with Gasteiger partial charge in [0.2, 0.25) is 0 Å². The summed E-state index contributed by atoms with van der Waals surface area (Å²) in [6.07, 6.45) is 6.38. The highest BCUT2D eigenvalue weighted by Gasteiger charge is 2.21. The first-order valence-electron chi connectivity index (χ1n) is 10.3. The maximum Gasteiger partial charge on any atom is 0.407 e. The Bertz CT molecular complexity index is 1340. The molecule has 32 heavy (non-hydrogen) atoms. The molecule has 1 aliphatic rings. The van der Waals surface area contributed by atoms with Crippen molar-refractivity contribution in [3.8, 4) is 28.3 Å². The van der Waals surface area contributed by atoms with Crippen molar-refractivity contribution in [2.45, 2.75) is 0 Å². The zero-order valence-corrected chi connectivity index (χ0v) is 17.5. The van der Waals surface area contributed by atoms with Gasteiger partial charge in [-0.05, 0) is 23.8 Å². The summed E-state index contributed by atoms with van der Waals surface area (Å²) in [5.74, 6) is 0. The highest BCUT2D eigenvalue weighted by molar-refractivity contribution is 5.88. The minimum atomic E-state index is -0.869. The van der Waals surface area contributed by atoms with Crippen LogP contribution in [0.15, 0.2) is 55.1 Å². The number of hydrogen-bond acceptors (Lipinski definition) is 5. The predicted molar refractivity (Wildman–Crippen MR) is 119 cm³/mol. The van der Waals surface area contributed by atoms with Crippen molar-refractivity contribution in [2.24, 2.45) is 7.05 Å². The molecule has 160 valence electrons. The van der Waals surface area contributed by atoms with E-state index in [1.165, 1.54) is 4.90 Å². The van der Waals surface area contributed by atoms with Crippen molar-refractivity contribution in [3.63, 3.8) is 0 Å². The van der Waals surface area contributed by atoms with Gasteiger partial charge in [0.15, 0.2) is 0 Å². The summed E-state index contributed by atoms with van der Waals surface area (Å²) in [5.41, 5.74) is 6.16. The number of nitriles is 1. The Morgan fingerprint density at radius 1 is 1.00 bits per heavy atom.